The Balaban J connectivity index is 2.06. The second-order valence-electron chi connectivity index (χ2n) is 4.64. The molecule has 112 valence electrons. The number of primary amides is 1. The maximum Gasteiger partial charge on any atom is 0.268 e. The van der Waals surface area contributed by atoms with Crippen LogP contribution in [-0.2, 0) is 4.74 Å². The van der Waals surface area contributed by atoms with E-state index >= 15 is 0 Å². The van der Waals surface area contributed by atoms with Gasteiger partial charge in [-0.15, -0.1) is 0 Å². The summed E-state index contributed by atoms with van der Waals surface area (Å²) in [6, 6.07) is 0. The largest absolute Gasteiger partial charge is 0.394 e. The molecule has 4 atom stereocenters. The second-order valence-corrected chi connectivity index (χ2v) is 4.64. The summed E-state index contributed by atoms with van der Waals surface area (Å²) in [7, 11) is 0. The van der Waals surface area contributed by atoms with Crippen molar-refractivity contribution in [2.45, 2.75) is 24.5 Å². The predicted octanol–water partition coefficient (Wildman–Crippen LogP) is -2.46. The summed E-state index contributed by atoms with van der Waals surface area (Å²) in [5.74, 6) is -0.733. The van der Waals surface area contributed by atoms with Crippen molar-refractivity contribution in [3.05, 3.63) is 18.2 Å². The van der Waals surface area contributed by atoms with Gasteiger partial charge in [0, 0.05) is 0 Å². The molecule has 3 rings (SSSR count). The van der Waals surface area contributed by atoms with Crippen LogP contribution in [-0.4, -0.2) is 65.9 Å². The Bertz CT molecular complexity index is 689. The summed E-state index contributed by atoms with van der Waals surface area (Å²) in [4.78, 5) is 19.1. The van der Waals surface area contributed by atoms with Crippen LogP contribution in [0.4, 0.5) is 0 Å². The van der Waals surface area contributed by atoms with E-state index in [1.807, 2.05) is 0 Å². The molecule has 0 spiro atoms. The molecule has 0 radical (unpaired) electrons. The van der Waals surface area contributed by atoms with E-state index < -0.39 is 37.1 Å². The highest BCUT2D eigenvalue weighted by Crippen LogP contribution is 2.31. The van der Waals surface area contributed by atoms with Crippen LogP contribution < -0.4 is 5.73 Å². The van der Waals surface area contributed by atoms with Crippen LogP contribution in [0.3, 0.4) is 0 Å². The van der Waals surface area contributed by atoms with Crippen molar-refractivity contribution in [3.8, 4) is 0 Å². The Labute approximate surface area is 117 Å². The van der Waals surface area contributed by atoms with Gasteiger partial charge in [0.2, 0.25) is 0 Å². The van der Waals surface area contributed by atoms with Crippen molar-refractivity contribution in [1.29, 1.82) is 0 Å². The number of aliphatic hydroxyl groups excluding tert-OH is 3. The van der Waals surface area contributed by atoms with Crippen molar-refractivity contribution < 1.29 is 24.9 Å². The van der Waals surface area contributed by atoms with Gasteiger partial charge in [-0.1, -0.05) is 0 Å². The number of fused-ring (bicyclic) bond motifs is 1. The van der Waals surface area contributed by atoms with Gasteiger partial charge in [-0.2, -0.15) is 5.10 Å². The van der Waals surface area contributed by atoms with Gasteiger partial charge in [0.15, 0.2) is 11.9 Å². The average molecular weight is 295 g/mol. The summed E-state index contributed by atoms with van der Waals surface area (Å²) >= 11 is 0. The molecule has 1 aliphatic rings. The molecule has 0 saturated carbocycles. The van der Waals surface area contributed by atoms with Crippen LogP contribution in [0.15, 0.2) is 12.5 Å². The Morgan fingerprint density at radius 2 is 2.14 bits per heavy atom. The molecule has 1 fully saturated rings. The molecule has 1 saturated heterocycles. The second kappa shape index (κ2) is 5.00. The topological polar surface area (TPSA) is 157 Å². The molecule has 2 aromatic heterocycles. The van der Waals surface area contributed by atoms with Crippen molar-refractivity contribution in [3.63, 3.8) is 0 Å². The number of nitrogens with zero attached hydrogens (tertiary/aromatic N) is 4. The Morgan fingerprint density at radius 1 is 1.38 bits per heavy atom. The molecule has 3 heterocycles. The van der Waals surface area contributed by atoms with Crippen LogP contribution in [0.1, 0.15) is 16.7 Å². The minimum Gasteiger partial charge on any atom is -0.394 e. The lowest BCUT2D eigenvalue weighted by Gasteiger charge is -2.15. The van der Waals surface area contributed by atoms with Crippen LogP contribution >= 0.6 is 0 Å². The number of aliphatic hydroxyl groups is 3. The standard InChI is InChI=1S/C11H13N5O5/c12-9(20)6-4-1-15-16(10(4)14-3-13-6)11-8(19)7(18)5(2-17)21-11/h1,3,5,7-8,11,17-19H,2H2,(H2,12,20)/t5-,7-,8-,11?/m1/s1. The summed E-state index contributed by atoms with van der Waals surface area (Å²) < 4.78 is 6.58. The van der Waals surface area contributed by atoms with E-state index in [-0.39, 0.29) is 11.3 Å². The highest BCUT2D eigenvalue weighted by Gasteiger charge is 2.44. The van der Waals surface area contributed by atoms with Crippen molar-refractivity contribution in [2.75, 3.05) is 6.61 Å². The summed E-state index contributed by atoms with van der Waals surface area (Å²) in [6.45, 7) is -0.449. The number of hydrogen-bond donors (Lipinski definition) is 4. The summed E-state index contributed by atoms with van der Waals surface area (Å²) in [5, 5.41) is 33.1. The molecule has 1 aliphatic heterocycles. The highest BCUT2D eigenvalue weighted by molar-refractivity contribution is 6.02. The van der Waals surface area contributed by atoms with Gasteiger partial charge >= 0.3 is 0 Å². The molecule has 0 aromatic carbocycles. The summed E-state index contributed by atoms with van der Waals surface area (Å²) in [5.41, 5.74) is 5.44. The fourth-order valence-corrected chi connectivity index (χ4v) is 2.33. The Hall–Kier alpha value is -2.14. The zero-order valence-electron chi connectivity index (χ0n) is 10.7. The van der Waals surface area contributed by atoms with Crippen molar-refractivity contribution in [2.24, 2.45) is 5.73 Å². The fourth-order valence-electron chi connectivity index (χ4n) is 2.33. The minimum absolute atomic E-state index is 0.00186. The van der Waals surface area contributed by atoms with Crippen LogP contribution in [0, 0.1) is 0 Å². The molecule has 10 nitrogen and oxygen atoms in total. The van der Waals surface area contributed by atoms with Gasteiger partial charge in [0.1, 0.15) is 30.3 Å². The normalized spacial score (nSPS) is 29.1. The third-order valence-electron chi connectivity index (χ3n) is 3.38. The quantitative estimate of drug-likeness (QED) is 0.485. The monoisotopic (exact) mass is 295 g/mol. The summed E-state index contributed by atoms with van der Waals surface area (Å²) in [6.07, 6.45) is -2.05. The number of ether oxygens (including phenoxy) is 1. The first-order chi connectivity index (χ1) is 10.0. The number of rotatable bonds is 3. The van der Waals surface area contributed by atoms with Crippen LogP contribution in [0.5, 0.6) is 0 Å². The fraction of sp³-hybridized carbons (Fsp3) is 0.455. The van der Waals surface area contributed by atoms with E-state index in [1.165, 1.54) is 10.9 Å². The highest BCUT2D eigenvalue weighted by atomic mass is 16.6. The first-order valence-electron chi connectivity index (χ1n) is 6.15. The molecule has 1 unspecified atom stereocenters. The number of carbonyl (C=O) groups is 1. The lowest BCUT2D eigenvalue weighted by atomic mass is 10.1. The maximum atomic E-state index is 11.3. The molecule has 0 bridgehead atoms. The van der Waals surface area contributed by atoms with Gasteiger partial charge in [-0.25, -0.2) is 14.6 Å². The zero-order valence-corrected chi connectivity index (χ0v) is 10.7. The lowest BCUT2D eigenvalue weighted by Crippen LogP contribution is -2.33. The maximum absolute atomic E-state index is 11.3. The average Bonchev–Trinajstić information content (AvgIpc) is 3.01. The van der Waals surface area contributed by atoms with Crippen LogP contribution in [0.2, 0.25) is 0 Å². The van der Waals surface area contributed by atoms with Gasteiger partial charge in [0.05, 0.1) is 18.2 Å². The number of nitrogens with two attached hydrogens (primary N) is 1. The van der Waals surface area contributed by atoms with E-state index in [1.54, 1.807) is 0 Å². The molecule has 21 heavy (non-hydrogen) atoms. The van der Waals surface area contributed by atoms with E-state index in [4.69, 9.17) is 15.6 Å². The molecular weight excluding hydrogens is 282 g/mol. The number of amides is 1. The van der Waals surface area contributed by atoms with E-state index in [2.05, 4.69) is 15.1 Å². The van der Waals surface area contributed by atoms with Gasteiger partial charge in [-0.05, 0) is 0 Å². The van der Waals surface area contributed by atoms with Gasteiger partial charge < -0.3 is 25.8 Å². The van der Waals surface area contributed by atoms with Crippen LogP contribution in [0.25, 0.3) is 11.0 Å². The minimum atomic E-state index is -1.29. The molecule has 0 aliphatic carbocycles. The first-order valence-corrected chi connectivity index (χ1v) is 6.15. The SMILES string of the molecule is NC(=O)c1ncnc2c1cnn2C1O[C@H](CO)[C@@H](O)[C@H]1O. The number of aromatic nitrogens is 4. The molecule has 10 heteroatoms. The third-order valence-corrected chi connectivity index (χ3v) is 3.38. The van der Waals surface area contributed by atoms with E-state index in [0.29, 0.717) is 5.39 Å². The molecule has 2 aromatic rings. The van der Waals surface area contributed by atoms with E-state index in [9.17, 15) is 15.0 Å². The smallest absolute Gasteiger partial charge is 0.268 e. The van der Waals surface area contributed by atoms with Gasteiger partial charge in [0.25, 0.3) is 5.91 Å². The predicted molar refractivity (Wildman–Crippen MR) is 66.9 cm³/mol. The van der Waals surface area contributed by atoms with Crippen molar-refractivity contribution >= 4 is 16.9 Å². The number of carbonyl (C=O) groups excluding carboxylic acids is 1. The van der Waals surface area contributed by atoms with E-state index in [0.717, 1.165) is 6.33 Å². The molecule has 5 N–H and O–H groups in total. The molecular formula is C11H13N5O5. The third kappa shape index (κ3) is 2.05. The zero-order chi connectivity index (χ0) is 15.1. The van der Waals surface area contributed by atoms with Crippen molar-refractivity contribution in [1.82, 2.24) is 19.7 Å². The molecule has 1 amide bonds. The lowest BCUT2D eigenvalue weighted by molar-refractivity contribution is -0.0566. The first kappa shape index (κ1) is 13.8. The Kier molecular flexibility index (Phi) is 3.29. The number of hydrogen-bond acceptors (Lipinski definition) is 8. The Morgan fingerprint density at radius 3 is 2.76 bits per heavy atom. The van der Waals surface area contributed by atoms with Gasteiger partial charge in [-0.3, -0.25) is 4.79 Å².